The van der Waals surface area contributed by atoms with Crippen molar-refractivity contribution in [2.75, 3.05) is 81.5 Å². The van der Waals surface area contributed by atoms with E-state index in [1.54, 1.807) is 19.2 Å². The Hall–Kier alpha value is -5.30. The number of halogens is 1. The molecule has 5 aliphatic rings. The number of aryl methyl sites for hydroxylation is 1. The van der Waals surface area contributed by atoms with Crippen LogP contribution in [0.5, 0.6) is 0 Å². The summed E-state index contributed by atoms with van der Waals surface area (Å²) >= 11 is 0. The number of nitrogens with zero attached hydrogens (tertiary/aromatic N) is 7. The number of hydrogen-bond donors (Lipinski definition) is 2. The first-order chi connectivity index (χ1) is 28.4. The first-order valence-corrected chi connectivity index (χ1v) is 21.3. The highest BCUT2D eigenvalue weighted by Crippen LogP contribution is 2.35. The standard InChI is InChI=1S/C46H60FN9O3/c1-7-17-48-45-31(3)42(26-49-32(45)4)55-18-16-36(30(2)27-55)25-50-33(5)51-37-11-8-35(41(47)24-37)23-44(58)54-21-19-53(20-22-54)39-28-56(29-39)38-12-9-34(10-13-38)40-14-15-43(57)52(6)46(40)59/h8-9,11-13,24-26,34,39-40,48H,2,7,10,14-23,27-29H2,1,3-6H3,(H,50,51)/b36-25-. The first kappa shape index (κ1) is 41.8. The molecule has 2 aromatic rings. The molecule has 1 aromatic carbocycles. The van der Waals surface area contributed by atoms with Gasteiger partial charge in [0.05, 0.1) is 29.7 Å². The molecule has 2 atom stereocenters. The summed E-state index contributed by atoms with van der Waals surface area (Å²) in [5.74, 6) is 0.0178. The smallest absolute Gasteiger partial charge is 0.232 e. The Kier molecular flexibility index (Phi) is 13.0. The second-order valence-corrected chi connectivity index (χ2v) is 16.7. The Balaban J connectivity index is 0.833. The number of pyridine rings is 1. The number of carbonyl (C=O) groups excluding carboxylic acids is 3. The van der Waals surface area contributed by atoms with Gasteiger partial charge in [0.25, 0.3) is 0 Å². The zero-order valence-corrected chi connectivity index (χ0v) is 35.4. The average molecular weight is 806 g/mol. The minimum Gasteiger partial charge on any atom is -0.383 e. The molecule has 59 heavy (non-hydrogen) atoms. The Labute approximate surface area is 348 Å². The number of piperidine rings is 2. The van der Waals surface area contributed by atoms with Crippen molar-refractivity contribution in [2.24, 2.45) is 16.8 Å². The van der Waals surface area contributed by atoms with E-state index in [2.05, 4.69) is 74.0 Å². The fraction of sp³-hybridized carbons (Fsp3) is 0.500. The number of carbonyl (C=O) groups is 3. The molecule has 12 nitrogen and oxygen atoms in total. The number of anilines is 3. The van der Waals surface area contributed by atoms with Gasteiger partial charge in [-0.15, -0.1) is 0 Å². The molecule has 13 heteroatoms. The van der Waals surface area contributed by atoms with Crippen LogP contribution in [0, 0.1) is 31.5 Å². The number of piperazine rings is 1. The number of imide groups is 1. The van der Waals surface area contributed by atoms with Gasteiger partial charge in [0, 0.05) is 102 Å². The van der Waals surface area contributed by atoms with E-state index in [1.807, 2.05) is 31.1 Å². The van der Waals surface area contributed by atoms with E-state index in [0.717, 1.165) is 86.7 Å². The minimum atomic E-state index is -0.414. The topological polar surface area (TPSA) is 117 Å². The normalized spacial score (nSPS) is 22.9. The van der Waals surface area contributed by atoms with E-state index in [0.29, 0.717) is 55.6 Å². The van der Waals surface area contributed by atoms with Crippen LogP contribution in [-0.2, 0) is 20.8 Å². The van der Waals surface area contributed by atoms with E-state index >= 15 is 4.39 Å². The first-order valence-electron chi connectivity index (χ1n) is 21.3. The number of aliphatic imine (C=N–C) groups is 1. The fourth-order valence-electron chi connectivity index (χ4n) is 8.94. The zero-order valence-electron chi connectivity index (χ0n) is 35.4. The molecule has 0 saturated carbocycles. The Morgan fingerprint density at radius 1 is 1.08 bits per heavy atom. The molecule has 4 saturated heterocycles. The zero-order chi connectivity index (χ0) is 41.8. The van der Waals surface area contributed by atoms with Crippen LogP contribution in [0.25, 0.3) is 0 Å². The van der Waals surface area contributed by atoms with Crippen LogP contribution in [-0.4, -0.2) is 120 Å². The number of allylic oxidation sites excluding steroid dienone is 3. The molecule has 2 unspecified atom stereocenters. The van der Waals surface area contributed by atoms with Crippen molar-refractivity contribution in [1.29, 1.82) is 0 Å². The van der Waals surface area contributed by atoms with Crippen molar-refractivity contribution in [1.82, 2.24) is 24.6 Å². The number of amidine groups is 1. The van der Waals surface area contributed by atoms with Gasteiger partial charge in [-0.1, -0.05) is 31.7 Å². The lowest BCUT2D eigenvalue weighted by molar-refractivity contribution is -0.151. The van der Waals surface area contributed by atoms with Gasteiger partial charge >= 0.3 is 0 Å². The van der Waals surface area contributed by atoms with Gasteiger partial charge in [0.15, 0.2) is 0 Å². The average Bonchev–Trinajstić information content (AvgIpc) is 3.20. The van der Waals surface area contributed by atoms with Gasteiger partial charge < -0.3 is 25.3 Å². The van der Waals surface area contributed by atoms with Gasteiger partial charge in [-0.2, -0.15) is 0 Å². The third kappa shape index (κ3) is 9.45. The van der Waals surface area contributed by atoms with Gasteiger partial charge in [0.1, 0.15) is 11.7 Å². The highest BCUT2D eigenvalue weighted by molar-refractivity contribution is 5.98. The van der Waals surface area contributed by atoms with Crippen LogP contribution in [0.2, 0.25) is 0 Å². The molecule has 5 heterocycles. The summed E-state index contributed by atoms with van der Waals surface area (Å²) < 4.78 is 15.3. The number of nitrogens with one attached hydrogen (secondary N) is 2. The number of rotatable bonds is 11. The predicted molar refractivity (Wildman–Crippen MR) is 233 cm³/mol. The van der Waals surface area contributed by atoms with Crippen LogP contribution in [0.4, 0.5) is 21.5 Å². The van der Waals surface area contributed by atoms with E-state index in [9.17, 15) is 14.4 Å². The molecular formula is C46H60FN9O3. The van der Waals surface area contributed by atoms with E-state index in [1.165, 1.54) is 22.2 Å². The molecule has 1 aliphatic carbocycles. The highest BCUT2D eigenvalue weighted by Gasteiger charge is 2.38. The molecule has 314 valence electrons. The highest BCUT2D eigenvalue weighted by atomic mass is 19.1. The summed E-state index contributed by atoms with van der Waals surface area (Å²) in [6, 6.07) is 5.34. The number of benzene rings is 1. The van der Waals surface area contributed by atoms with Crippen molar-refractivity contribution >= 4 is 40.6 Å². The number of likely N-dealkylation sites (tertiary alicyclic amines) is 2. The summed E-state index contributed by atoms with van der Waals surface area (Å²) in [7, 11) is 1.59. The van der Waals surface area contributed by atoms with Gasteiger partial charge in [-0.05, 0) is 92.9 Å². The lowest BCUT2D eigenvalue weighted by atomic mass is 9.80. The molecule has 0 spiro atoms. The summed E-state index contributed by atoms with van der Waals surface area (Å²) in [5.41, 5.74) is 8.70. The van der Waals surface area contributed by atoms with Crippen molar-refractivity contribution < 1.29 is 18.8 Å². The third-order valence-electron chi connectivity index (χ3n) is 12.7. The molecule has 4 fully saturated rings. The summed E-state index contributed by atoms with van der Waals surface area (Å²) in [6.07, 6.45) is 14.1. The van der Waals surface area contributed by atoms with E-state index < -0.39 is 5.82 Å². The van der Waals surface area contributed by atoms with Crippen LogP contribution in [0.3, 0.4) is 0 Å². The van der Waals surface area contributed by atoms with E-state index in [-0.39, 0.29) is 36.0 Å². The second-order valence-electron chi connectivity index (χ2n) is 16.7. The number of hydrogen-bond acceptors (Lipinski definition) is 9. The lowest BCUT2D eigenvalue weighted by Crippen LogP contribution is -2.63. The maximum absolute atomic E-state index is 15.3. The molecule has 0 bridgehead atoms. The third-order valence-corrected chi connectivity index (χ3v) is 12.7. The SMILES string of the molecule is C=C1CN(c2cnc(C)c(NCCC)c2C)CC/C1=C/N=C(C)Nc1ccc(CC(=O)N2CCN(C3CN(C4=CCC(C5CCC(=O)N(C)C5=O)C=C4)C3)CC2)c(F)c1. The molecule has 4 aliphatic heterocycles. The van der Waals surface area contributed by atoms with Crippen molar-refractivity contribution in [3.05, 3.63) is 94.9 Å². The maximum Gasteiger partial charge on any atom is 0.232 e. The number of amides is 3. The molecule has 0 radical (unpaired) electrons. The second kappa shape index (κ2) is 18.3. The van der Waals surface area contributed by atoms with Crippen LogP contribution < -0.4 is 15.5 Å². The number of aromatic nitrogens is 1. The van der Waals surface area contributed by atoms with Gasteiger partial charge in [-0.25, -0.2) is 9.38 Å². The molecule has 2 N–H and O–H groups in total. The van der Waals surface area contributed by atoms with Gasteiger partial charge in [-0.3, -0.25) is 29.2 Å². The predicted octanol–water partition coefficient (Wildman–Crippen LogP) is 6.07. The van der Waals surface area contributed by atoms with Crippen molar-refractivity contribution in [3.63, 3.8) is 0 Å². The minimum absolute atomic E-state index is 0.0247. The Morgan fingerprint density at radius 3 is 2.56 bits per heavy atom. The summed E-state index contributed by atoms with van der Waals surface area (Å²) in [6.45, 7) is 19.7. The quantitative estimate of drug-likeness (QED) is 0.159. The largest absolute Gasteiger partial charge is 0.383 e. The van der Waals surface area contributed by atoms with Crippen molar-refractivity contribution in [3.8, 4) is 0 Å². The Bertz CT molecular complexity index is 2080. The Morgan fingerprint density at radius 2 is 1.86 bits per heavy atom. The van der Waals surface area contributed by atoms with Gasteiger partial charge in [0.2, 0.25) is 17.7 Å². The van der Waals surface area contributed by atoms with Crippen LogP contribution >= 0.6 is 0 Å². The lowest BCUT2D eigenvalue weighted by Gasteiger charge is -2.50. The molecule has 3 amide bonds. The molecule has 7 rings (SSSR count). The fourth-order valence-corrected chi connectivity index (χ4v) is 8.94. The van der Waals surface area contributed by atoms with E-state index in [4.69, 9.17) is 0 Å². The maximum atomic E-state index is 15.3. The van der Waals surface area contributed by atoms with Crippen molar-refractivity contribution in [2.45, 2.75) is 72.3 Å². The van der Waals surface area contributed by atoms with Crippen LogP contribution in [0.1, 0.15) is 62.8 Å². The molecular weight excluding hydrogens is 746 g/mol. The molecule has 1 aromatic heterocycles. The summed E-state index contributed by atoms with van der Waals surface area (Å²) in [5, 5.41) is 6.73. The van der Waals surface area contributed by atoms with Crippen LogP contribution in [0.15, 0.2) is 77.2 Å². The summed E-state index contributed by atoms with van der Waals surface area (Å²) in [4.78, 5) is 57.4. The monoisotopic (exact) mass is 805 g/mol.